The van der Waals surface area contributed by atoms with E-state index in [0.29, 0.717) is 22.8 Å². The SMILES string of the molecule is COc1cc(/C=N\NC(=O)CN(c2ccccc2Cl)S(=O)(=O)c2ccccc2)cc(OC)c1OC. The predicted octanol–water partition coefficient (Wildman–Crippen LogP) is 3.71. The van der Waals surface area contributed by atoms with E-state index in [1.54, 1.807) is 48.5 Å². The minimum atomic E-state index is -4.09. The molecule has 0 aliphatic carbocycles. The quantitative estimate of drug-likeness (QED) is 0.324. The van der Waals surface area contributed by atoms with Crippen molar-refractivity contribution in [2.45, 2.75) is 4.90 Å². The molecule has 0 radical (unpaired) electrons. The summed E-state index contributed by atoms with van der Waals surface area (Å²) in [5.74, 6) is 0.572. The van der Waals surface area contributed by atoms with Crippen LogP contribution in [0.5, 0.6) is 17.2 Å². The van der Waals surface area contributed by atoms with Gasteiger partial charge in [0.15, 0.2) is 11.5 Å². The lowest BCUT2D eigenvalue weighted by atomic mass is 10.2. The number of halogens is 1. The predicted molar refractivity (Wildman–Crippen MR) is 134 cm³/mol. The van der Waals surface area contributed by atoms with Gasteiger partial charge < -0.3 is 14.2 Å². The Kier molecular flexibility index (Phi) is 8.56. The van der Waals surface area contributed by atoms with Gasteiger partial charge in [-0.25, -0.2) is 13.8 Å². The van der Waals surface area contributed by atoms with Gasteiger partial charge in [-0.05, 0) is 36.4 Å². The summed E-state index contributed by atoms with van der Waals surface area (Å²) >= 11 is 6.26. The second-order valence-electron chi connectivity index (χ2n) is 7.03. The standard InChI is InChI=1S/C24H24ClN3O6S/c1-32-21-13-17(14-22(33-2)24(21)34-3)15-26-27-23(29)16-28(20-12-8-7-11-19(20)25)35(30,31)18-9-5-4-6-10-18/h4-15H,16H2,1-3H3,(H,27,29)/b26-15-. The second kappa shape index (κ2) is 11.6. The summed E-state index contributed by atoms with van der Waals surface area (Å²) in [4.78, 5) is 12.7. The van der Waals surface area contributed by atoms with Gasteiger partial charge >= 0.3 is 0 Å². The molecule has 0 spiro atoms. The highest BCUT2D eigenvalue weighted by Crippen LogP contribution is 2.37. The average molecular weight is 518 g/mol. The van der Waals surface area contributed by atoms with Gasteiger partial charge in [-0.15, -0.1) is 0 Å². The lowest BCUT2D eigenvalue weighted by Crippen LogP contribution is -2.39. The van der Waals surface area contributed by atoms with E-state index in [2.05, 4.69) is 10.5 Å². The number of benzene rings is 3. The van der Waals surface area contributed by atoms with Crippen LogP contribution in [0.2, 0.25) is 5.02 Å². The molecule has 3 aromatic rings. The van der Waals surface area contributed by atoms with E-state index in [4.69, 9.17) is 25.8 Å². The molecule has 3 rings (SSSR count). The molecular formula is C24H24ClN3O6S. The molecule has 1 N–H and O–H groups in total. The van der Waals surface area contributed by atoms with E-state index >= 15 is 0 Å². The molecule has 0 aromatic heterocycles. The summed E-state index contributed by atoms with van der Waals surface area (Å²) in [6.45, 7) is -0.548. The Hall–Kier alpha value is -3.76. The van der Waals surface area contributed by atoms with Gasteiger partial charge in [0.1, 0.15) is 6.54 Å². The zero-order valence-corrected chi connectivity index (χ0v) is 20.8. The van der Waals surface area contributed by atoms with Crippen molar-refractivity contribution in [1.29, 1.82) is 0 Å². The molecule has 0 bridgehead atoms. The number of carbonyl (C=O) groups is 1. The molecule has 0 saturated carbocycles. The first-order valence-electron chi connectivity index (χ1n) is 10.3. The first kappa shape index (κ1) is 25.9. The lowest BCUT2D eigenvalue weighted by molar-refractivity contribution is -0.119. The van der Waals surface area contributed by atoms with Crippen molar-refractivity contribution in [3.63, 3.8) is 0 Å². The summed E-state index contributed by atoms with van der Waals surface area (Å²) in [6, 6.07) is 17.4. The topological polar surface area (TPSA) is 107 Å². The summed E-state index contributed by atoms with van der Waals surface area (Å²) in [5, 5.41) is 4.12. The third-order valence-corrected chi connectivity index (χ3v) is 6.92. The van der Waals surface area contributed by atoms with Gasteiger partial charge in [0.2, 0.25) is 5.75 Å². The Morgan fingerprint density at radius 1 is 0.971 bits per heavy atom. The van der Waals surface area contributed by atoms with E-state index in [1.165, 1.54) is 45.7 Å². The number of nitrogens with zero attached hydrogens (tertiary/aromatic N) is 2. The molecule has 0 atom stereocenters. The highest BCUT2D eigenvalue weighted by molar-refractivity contribution is 7.92. The first-order valence-corrected chi connectivity index (χ1v) is 12.1. The fourth-order valence-electron chi connectivity index (χ4n) is 3.19. The van der Waals surface area contributed by atoms with Gasteiger partial charge in [0.25, 0.3) is 15.9 Å². The Balaban J connectivity index is 1.84. The third-order valence-electron chi connectivity index (χ3n) is 4.83. The maximum Gasteiger partial charge on any atom is 0.264 e. The number of hydrogen-bond donors (Lipinski definition) is 1. The number of carbonyl (C=O) groups excluding carboxylic acids is 1. The second-order valence-corrected chi connectivity index (χ2v) is 9.30. The van der Waals surface area contributed by atoms with Crippen LogP contribution in [0.1, 0.15) is 5.56 Å². The number of nitrogens with one attached hydrogen (secondary N) is 1. The normalized spacial score (nSPS) is 11.2. The number of para-hydroxylation sites is 1. The van der Waals surface area contributed by atoms with E-state index < -0.39 is 22.5 Å². The molecular weight excluding hydrogens is 494 g/mol. The maximum absolute atomic E-state index is 13.3. The zero-order chi connectivity index (χ0) is 25.4. The fraction of sp³-hybridized carbons (Fsp3) is 0.167. The van der Waals surface area contributed by atoms with Crippen molar-refractivity contribution in [3.8, 4) is 17.2 Å². The van der Waals surface area contributed by atoms with Gasteiger partial charge in [0, 0.05) is 5.56 Å². The number of sulfonamides is 1. The number of hydrazone groups is 1. The molecule has 0 saturated heterocycles. The van der Waals surface area contributed by atoms with Crippen LogP contribution in [0.3, 0.4) is 0 Å². The monoisotopic (exact) mass is 517 g/mol. The summed E-state index contributed by atoms with van der Waals surface area (Å²) in [6.07, 6.45) is 1.37. The molecule has 1 amide bonds. The Labute approximate surface area is 208 Å². The van der Waals surface area contributed by atoms with Crippen molar-refractivity contribution in [2.24, 2.45) is 5.10 Å². The number of methoxy groups -OCH3 is 3. The summed E-state index contributed by atoms with van der Waals surface area (Å²) in [5.41, 5.74) is 3.07. The van der Waals surface area contributed by atoms with Crippen molar-refractivity contribution < 1.29 is 27.4 Å². The van der Waals surface area contributed by atoms with Crippen molar-refractivity contribution >= 4 is 39.4 Å². The lowest BCUT2D eigenvalue weighted by Gasteiger charge is -2.24. The van der Waals surface area contributed by atoms with Crippen LogP contribution in [0.25, 0.3) is 0 Å². The van der Waals surface area contributed by atoms with Crippen molar-refractivity contribution in [3.05, 3.63) is 77.3 Å². The first-order chi connectivity index (χ1) is 16.8. The average Bonchev–Trinajstić information content (AvgIpc) is 2.87. The Morgan fingerprint density at radius 2 is 1.57 bits per heavy atom. The van der Waals surface area contributed by atoms with Crippen molar-refractivity contribution in [1.82, 2.24) is 5.43 Å². The van der Waals surface area contributed by atoms with E-state index in [1.807, 2.05) is 0 Å². The Bertz CT molecular complexity index is 1290. The summed E-state index contributed by atoms with van der Waals surface area (Å²) in [7, 11) is 0.369. The van der Waals surface area contributed by atoms with Crippen LogP contribution in [0.4, 0.5) is 5.69 Å². The van der Waals surface area contributed by atoms with Crippen LogP contribution < -0.4 is 23.9 Å². The van der Waals surface area contributed by atoms with Crippen LogP contribution in [0.15, 0.2) is 76.7 Å². The van der Waals surface area contributed by atoms with Crippen LogP contribution in [-0.4, -0.2) is 48.4 Å². The molecule has 0 unspecified atom stereocenters. The van der Waals surface area contributed by atoms with E-state index in [0.717, 1.165) is 4.31 Å². The fourth-order valence-corrected chi connectivity index (χ4v) is 4.94. The van der Waals surface area contributed by atoms with Crippen LogP contribution >= 0.6 is 11.6 Å². The molecule has 9 nitrogen and oxygen atoms in total. The number of hydrogen-bond acceptors (Lipinski definition) is 7. The molecule has 11 heteroatoms. The van der Waals surface area contributed by atoms with Gasteiger partial charge in [0.05, 0.1) is 43.1 Å². The largest absolute Gasteiger partial charge is 0.493 e. The molecule has 0 aliphatic heterocycles. The smallest absolute Gasteiger partial charge is 0.264 e. The van der Waals surface area contributed by atoms with Crippen molar-refractivity contribution in [2.75, 3.05) is 32.2 Å². The summed E-state index contributed by atoms with van der Waals surface area (Å²) < 4.78 is 43.5. The number of anilines is 1. The number of amides is 1. The molecule has 184 valence electrons. The molecule has 0 aliphatic rings. The number of rotatable bonds is 10. The number of ether oxygens (including phenoxy) is 3. The zero-order valence-electron chi connectivity index (χ0n) is 19.3. The van der Waals surface area contributed by atoms with Crippen LogP contribution in [-0.2, 0) is 14.8 Å². The minimum absolute atomic E-state index is 0.0219. The molecule has 0 heterocycles. The minimum Gasteiger partial charge on any atom is -0.493 e. The van der Waals surface area contributed by atoms with Crippen LogP contribution in [0, 0.1) is 0 Å². The molecule has 35 heavy (non-hydrogen) atoms. The molecule has 0 fully saturated rings. The Morgan fingerprint density at radius 3 is 2.14 bits per heavy atom. The molecule has 3 aromatic carbocycles. The highest BCUT2D eigenvalue weighted by Gasteiger charge is 2.28. The van der Waals surface area contributed by atoms with Gasteiger partial charge in [-0.2, -0.15) is 5.10 Å². The third kappa shape index (κ3) is 6.03. The maximum atomic E-state index is 13.3. The highest BCUT2D eigenvalue weighted by atomic mass is 35.5. The van der Waals surface area contributed by atoms with Gasteiger partial charge in [-0.3, -0.25) is 9.10 Å². The van der Waals surface area contributed by atoms with E-state index in [9.17, 15) is 13.2 Å². The van der Waals surface area contributed by atoms with Gasteiger partial charge in [-0.1, -0.05) is 41.9 Å². The van der Waals surface area contributed by atoms with E-state index in [-0.39, 0.29) is 15.6 Å².